The Hall–Kier alpha value is -2.50. The lowest BCUT2D eigenvalue weighted by molar-refractivity contribution is 0.0931. The molecule has 1 unspecified atom stereocenters. The van der Waals surface area contributed by atoms with Gasteiger partial charge in [-0.25, -0.2) is 9.78 Å². The Morgan fingerprint density at radius 1 is 1.21 bits per heavy atom. The molecule has 28 heavy (non-hydrogen) atoms. The molecule has 11 heteroatoms. The van der Waals surface area contributed by atoms with Gasteiger partial charge >= 0.3 is 6.09 Å². The van der Waals surface area contributed by atoms with Crippen molar-refractivity contribution in [2.45, 2.75) is 19.5 Å². The zero-order valence-electron chi connectivity index (χ0n) is 15.6. The number of hydrogen-bond donors (Lipinski definition) is 1. The molecule has 0 spiro atoms. The van der Waals surface area contributed by atoms with Crippen molar-refractivity contribution in [1.29, 1.82) is 0 Å². The van der Waals surface area contributed by atoms with Gasteiger partial charge in [-0.3, -0.25) is 4.68 Å². The van der Waals surface area contributed by atoms with Gasteiger partial charge in [0.25, 0.3) is 10.2 Å². The van der Waals surface area contributed by atoms with Crippen LogP contribution in [-0.2, 0) is 21.5 Å². The van der Waals surface area contributed by atoms with Gasteiger partial charge in [-0.05, 0) is 12.5 Å². The number of carbonyl (C=O) groups excluding carboxylic acids is 1. The third kappa shape index (κ3) is 5.06. The van der Waals surface area contributed by atoms with E-state index in [1.165, 1.54) is 15.5 Å². The minimum Gasteiger partial charge on any atom is -0.450 e. The minimum atomic E-state index is -3.75. The maximum atomic E-state index is 12.9. The van der Waals surface area contributed by atoms with Gasteiger partial charge in [-0.15, -0.1) is 0 Å². The van der Waals surface area contributed by atoms with E-state index < -0.39 is 22.3 Å². The van der Waals surface area contributed by atoms with Gasteiger partial charge in [0.1, 0.15) is 12.7 Å². The van der Waals surface area contributed by atoms with Crippen LogP contribution in [0.15, 0.2) is 43.0 Å². The average Bonchev–Trinajstić information content (AvgIpc) is 3.21. The Morgan fingerprint density at radius 2 is 1.93 bits per heavy atom. The smallest absolute Gasteiger partial charge is 0.409 e. The van der Waals surface area contributed by atoms with E-state index in [1.807, 2.05) is 30.3 Å². The molecule has 1 aliphatic heterocycles. The number of benzene rings is 1. The maximum absolute atomic E-state index is 12.9. The Kier molecular flexibility index (Phi) is 6.60. The molecule has 1 aliphatic rings. The van der Waals surface area contributed by atoms with Crippen molar-refractivity contribution < 1.29 is 17.9 Å². The van der Waals surface area contributed by atoms with Crippen LogP contribution in [0.4, 0.5) is 4.79 Å². The Balaban J connectivity index is 1.69. The lowest BCUT2D eigenvalue weighted by Gasteiger charge is -2.34. The Morgan fingerprint density at radius 3 is 2.54 bits per heavy atom. The van der Waals surface area contributed by atoms with Crippen molar-refractivity contribution in [2.24, 2.45) is 0 Å². The van der Waals surface area contributed by atoms with Gasteiger partial charge in [0.15, 0.2) is 0 Å². The minimum absolute atomic E-state index is 0.207. The largest absolute Gasteiger partial charge is 0.450 e. The van der Waals surface area contributed by atoms with E-state index in [0.29, 0.717) is 26.2 Å². The summed E-state index contributed by atoms with van der Waals surface area (Å²) in [6, 6.07) is 8.81. The molecular weight excluding hydrogens is 384 g/mol. The average molecular weight is 408 g/mol. The predicted molar refractivity (Wildman–Crippen MR) is 101 cm³/mol. The molecule has 1 aromatic heterocycles. The number of ether oxygens (including phenoxy) is 1. The summed E-state index contributed by atoms with van der Waals surface area (Å²) in [6.07, 6.45) is 2.54. The standard InChI is InChI=1S/C17H24N6O4S/c1-2-27-17(24)21-8-10-23(11-9-21)28(25,26)20-16(12-22-14-18-13-19-22)15-6-4-3-5-7-15/h3-7,13-14,16,20H,2,8-12H2,1H3. The summed E-state index contributed by atoms with van der Waals surface area (Å²) in [5, 5.41) is 4.07. The summed E-state index contributed by atoms with van der Waals surface area (Å²) < 4.78 is 36.5. The van der Waals surface area contributed by atoms with E-state index in [4.69, 9.17) is 4.74 Å². The van der Waals surface area contributed by atoms with Crippen molar-refractivity contribution in [3.63, 3.8) is 0 Å². The van der Waals surface area contributed by atoms with Crippen molar-refractivity contribution in [3.05, 3.63) is 48.5 Å². The van der Waals surface area contributed by atoms with Crippen LogP contribution in [0.3, 0.4) is 0 Å². The molecule has 2 aromatic rings. The lowest BCUT2D eigenvalue weighted by atomic mass is 10.1. The first-order valence-corrected chi connectivity index (χ1v) is 10.5. The third-order valence-corrected chi connectivity index (χ3v) is 6.06. The Bertz CT molecular complexity index is 851. The normalized spacial score (nSPS) is 16.7. The molecule has 152 valence electrons. The number of hydrogen-bond acceptors (Lipinski definition) is 6. The number of nitrogens with one attached hydrogen (secondary N) is 1. The molecule has 1 N–H and O–H groups in total. The number of amides is 1. The highest BCUT2D eigenvalue weighted by molar-refractivity contribution is 7.87. The van der Waals surface area contributed by atoms with E-state index in [2.05, 4.69) is 14.8 Å². The van der Waals surface area contributed by atoms with Crippen LogP contribution < -0.4 is 4.72 Å². The zero-order chi connectivity index (χ0) is 20.0. The van der Waals surface area contributed by atoms with E-state index in [9.17, 15) is 13.2 Å². The third-order valence-electron chi connectivity index (χ3n) is 4.43. The van der Waals surface area contributed by atoms with E-state index >= 15 is 0 Å². The maximum Gasteiger partial charge on any atom is 0.409 e. The molecule has 0 bridgehead atoms. The fourth-order valence-corrected chi connectivity index (χ4v) is 4.35. The topological polar surface area (TPSA) is 110 Å². The van der Waals surface area contributed by atoms with Gasteiger partial charge in [0.05, 0.1) is 19.2 Å². The van der Waals surface area contributed by atoms with Crippen LogP contribution in [0, 0.1) is 0 Å². The molecule has 0 radical (unpaired) electrons. The van der Waals surface area contributed by atoms with Crippen molar-refractivity contribution in [1.82, 2.24) is 28.7 Å². The number of rotatable bonds is 7. The SMILES string of the molecule is CCOC(=O)N1CCN(S(=O)(=O)NC(Cn2cncn2)c2ccccc2)CC1. The molecule has 1 aromatic carbocycles. The van der Waals surface area contributed by atoms with Crippen molar-refractivity contribution in [3.8, 4) is 0 Å². The van der Waals surface area contributed by atoms with E-state index in [-0.39, 0.29) is 13.1 Å². The van der Waals surface area contributed by atoms with Crippen molar-refractivity contribution in [2.75, 3.05) is 32.8 Å². The van der Waals surface area contributed by atoms with Gasteiger partial charge in [0.2, 0.25) is 0 Å². The summed E-state index contributed by atoms with van der Waals surface area (Å²) >= 11 is 0. The number of carbonyl (C=O) groups is 1. The highest BCUT2D eigenvalue weighted by Gasteiger charge is 2.31. The molecule has 2 heterocycles. The highest BCUT2D eigenvalue weighted by atomic mass is 32.2. The first-order valence-electron chi connectivity index (χ1n) is 9.06. The highest BCUT2D eigenvalue weighted by Crippen LogP contribution is 2.18. The predicted octanol–water partition coefficient (Wildman–Crippen LogP) is 0.628. The van der Waals surface area contributed by atoms with Gasteiger partial charge in [0, 0.05) is 26.2 Å². The van der Waals surface area contributed by atoms with Gasteiger partial charge in [-0.2, -0.15) is 22.5 Å². The number of piperazine rings is 1. The molecule has 1 fully saturated rings. The van der Waals surface area contributed by atoms with Crippen LogP contribution in [-0.4, -0.2) is 71.3 Å². The zero-order valence-corrected chi connectivity index (χ0v) is 16.5. The summed E-state index contributed by atoms with van der Waals surface area (Å²) in [5.41, 5.74) is 0.826. The molecule has 0 saturated carbocycles. The Labute approximate surface area is 164 Å². The van der Waals surface area contributed by atoms with Crippen molar-refractivity contribution >= 4 is 16.3 Å². The molecule has 10 nitrogen and oxygen atoms in total. The molecular formula is C17H24N6O4S. The van der Waals surface area contributed by atoms with Gasteiger partial charge < -0.3 is 9.64 Å². The fourth-order valence-electron chi connectivity index (χ4n) is 2.99. The van der Waals surface area contributed by atoms with Crippen LogP contribution in [0.5, 0.6) is 0 Å². The summed E-state index contributed by atoms with van der Waals surface area (Å²) in [5.74, 6) is 0. The summed E-state index contributed by atoms with van der Waals surface area (Å²) in [7, 11) is -3.75. The van der Waals surface area contributed by atoms with Crippen LogP contribution in [0.25, 0.3) is 0 Å². The van der Waals surface area contributed by atoms with Crippen LogP contribution >= 0.6 is 0 Å². The quantitative estimate of drug-likeness (QED) is 0.720. The molecule has 1 amide bonds. The van der Waals surface area contributed by atoms with Crippen LogP contribution in [0.2, 0.25) is 0 Å². The van der Waals surface area contributed by atoms with Gasteiger partial charge in [-0.1, -0.05) is 30.3 Å². The number of aromatic nitrogens is 3. The molecule has 3 rings (SSSR count). The molecule has 1 saturated heterocycles. The van der Waals surface area contributed by atoms with Crippen LogP contribution in [0.1, 0.15) is 18.5 Å². The monoisotopic (exact) mass is 408 g/mol. The fraction of sp³-hybridized carbons (Fsp3) is 0.471. The second-order valence-electron chi connectivity index (χ2n) is 6.29. The van der Waals surface area contributed by atoms with E-state index in [0.717, 1.165) is 5.56 Å². The molecule has 0 aliphatic carbocycles. The second-order valence-corrected chi connectivity index (χ2v) is 7.99. The molecule has 1 atom stereocenters. The number of nitrogens with zero attached hydrogens (tertiary/aromatic N) is 5. The summed E-state index contributed by atoms with van der Waals surface area (Å²) in [4.78, 5) is 17.2. The van der Waals surface area contributed by atoms with E-state index in [1.54, 1.807) is 17.9 Å². The first kappa shape index (κ1) is 20.2. The lowest BCUT2D eigenvalue weighted by Crippen LogP contribution is -2.54. The second kappa shape index (κ2) is 9.13. The summed E-state index contributed by atoms with van der Waals surface area (Å²) in [6.45, 7) is 3.34. The first-order chi connectivity index (χ1) is 13.5.